The predicted molar refractivity (Wildman–Crippen MR) is 92.0 cm³/mol. The molecule has 2 rings (SSSR count). The van der Waals surface area contributed by atoms with Crippen molar-refractivity contribution in [3.8, 4) is 11.5 Å². The summed E-state index contributed by atoms with van der Waals surface area (Å²) in [5.74, 6) is 1.40. The summed E-state index contributed by atoms with van der Waals surface area (Å²) in [6, 6.07) is 11.4. The summed E-state index contributed by atoms with van der Waals surface area (Å²) in [6.07, 6.45) is 2.13. The number of benzene rings is 1. The van der Waals surface area contributed by atoms with Gasteiger partial charge in [0.05, 0.1) is 26.5 Å². The Balaban J connectivity index is 1.68. The van der Waals surface area contributed by atoms with Crippen LogP contribution in [-0.4, -0.2) is 31.7 Å². The molecule has 1 aromatic heterocycles. The molecular formula is C18H23N3O3. The number of amides is 1. The SMILES string of the molecule is COc1ccc(CNCCC(=O)NCc2ccccn2)cc1OC. The molecule has 0 unspecified atom stereocenters. The molecule has 1 aromatic carbocycles. The van der Waals surface area contributed by atoms with Gasteiger partial charge in [-0.05, 0) is 29.8 Å². The van der Waals surface area contributed by atoms with E-state index in [4.69, 9.17) is 9.47 Å². The van der Waals surface area contributed by atoms with E-state index in [0.717, 1.165) is 11.3 Å². The van der Waals surface area contributed by atoms with Crippen molar-refractivity contribution in [2.45, 2.75) is 19.5 Å². The smallest absolute Gasteiger partial charge is 0.221 e. The summed E-state index contributed by atoms with van der Waals surface area (Å²) < 4.78 is 10.5. The van der Waals surface area contributed by atoms with Crippen molar-refractivity contribution in [1.29, 1.82) is 0 Å². The summed E-state index contributed by atoms with van der Waals surface area (Å²) in [5.41, 5.74) is 1.92. The number of carbonyl (C=O) groups is 1. The van der Waals surface area contributed by atoms with Crippen LogP contribution in [0.15, 0.2) is 42.6 Å². The van der Waals surface area contributed by atoms with Crippen LogP contribution in [0.5, 0.6) is 11.5 Å². The average Bonchev–Trinajstić information content (AvgIpc) is 2.64. The Bertz CT molecular complexity index is 647. The van der Waals surface area contributed by atoms with Gasteiger partial charge in [0.1, 0.15) is 0 Å². The zero-order valence-electron chi connectivity index (χ0n) is 14.0. The summed E-state index contributed by atoms with van der Waals surface area (Å²) in [6.45, 7) is 1.71. The van der Waals surface area contributed by atoms with Crippen molar-refractivity contribution in [3.63, 3.8) is 0 Å². The molecule has 0 saturated carbocycles. The minimum Gasteiger partial charge on any atom is -0.493 e. The van der Waals surface area contributed by atoms with Gasteiger partial charge in [0.15, 0.2) is 11.5 Å². The van der Waals surface area contributed by atoms with E-state index in [1.807, 2.05) is 36.4 Å². The van der Waals surface area contributed by atoms with Crippen LogP contribution in [0, 0.1) is 0 Å². The number of pyridine rings is 1. The van der Waals surface area contributed by atoms with E-state index in [1.165, 1.54) is 0 Å². The first-order valence-corrected chi connectivity index (χ1v) is 7.81. The predicted octanol–water partition coefficient (Wildman–Crippen LogP) is 1.89. The fraction of sp³-hybridized carbons (Fsp3) is 0.333. The van der Waals surface area contributed by atoms with Crippen molar-refractivity contribution in [1.82, 2.24) is 15.6 Å². The number of nitrogens with zero attached hydrogens (tertiary/aromatic N) is 1. The number of methoxy groups -OCH3 is 2. The third-order valence-electron chi connectivity index (χ3n) is 3.50. The fourth-order valence-electron chi connectivity index (χ4n) is 2.21. The van der Waals surface area contributed by atoms with Crippen molar-refractivity contribution in [3.05, 3.63) is 53.9 Å². The number of aromatic nitrogens is 1. The molecule has 0 bridgehead atoms. The molecule has 128 valence electrons. The Kier molecular flexibility index (Phi) is 7.04. The largest absolute Gasteiger partial charge is 0.493 e. The number of nitrogens with one attached hydrogen (secondary N) is 2. The molecular weight excluding hydrogens is 306 g/mol. The second-order valence-electron chi connectivity index (χ2n) is 5.21. The maximum absolute atomic E-state index is 11.8. The van der Waals surface area contributed by atoms with Crippen LogP contribution in [0.1, 0.15) is 17.7 Å². The number of carbonyl (C=O) groups excluding carboxylic acids is 1. The van der Waals surface area contributed by atoms with Gasteiger partial charge in [-0.25, -0.2) is 0 Å². The Morgan fingerprint density at radius 1 is 1.08 bits per heavy atom. The molecule has 0 radical (unpaired) electrons. The molecule has 0 fully saturated rings. The number of hydrogen-bond acceptors (Lipinski definition) is 5. The number of rotatable bonds is 9. The summed E-state index contributed by atoms with van der Waals surface area (Å²) in [4.78, 5) is 16.0. The van der Waals surface area contributed by atoms with Gasteiger partial charge in [-0.2, -0.15) is 0 Å². The highest BCUT2D eigenvalue weighted by molar-refractivity contribution is 5.75. The van der Waals surface area contributed by atoms with Gasteiger partial charge in [-0.15, -0.1) is 0 Å². The fourth-order valence-corrected chi connectivity index (χ4v) is 2.21. The lowest BCUT2D eigenvalue weighted by molar-refractivity contribution is -0.121. The topological polar surface area (TPSA) is 72.5 Å². The summed E-state index contributed by atoms with van der Waals surface area (Å²) in [5, 5.41) is 6.10. The maximum atomic E-state index is 11.8. The normalized spacial score (nSPS) is 10.2. The first-order valence-electron chi connectivity index (χ1n) is 7.81. The van der Waals surface area contributed by atoms with Crippen LogP contribution in [0.4, 0.5) is 0 Å². The Morgan fingerprint density at radius 2 is 1.92 bits per heavy atom. The van der Waals surface area contributed by atoms with Crippen LogP contribution in [-0.2, 0) is 17.9 Å². The van der Waals surface area contributed by atoms with E-state index >= 15 is 0 Å². The number of hydrogen-bond donors (Lipinski definition) is 2. The van der Waals surface area contributed by atoms with Crippen molar-refractivity contribution in [2.24, 2.45) is 0 Å². The molecule has 0 saturated heterocycles. The highest BCUT2D eigenvalue weighted by atomic mass is 16.5. The molecule has 24 heavy (non-hydrogen) atoms. The third-order valence-corrected chi connectivity index (χ3v) is 3.50. The van der Waals surface area contributed by atoms with Gasteiger partial charge < -0.3 is 20.1 Å². The van der Waals surface area contributed by atoms with Gasteiger partial charge in [-0.1, -0.05) is 12.1 Å². The molecule has 0 aliphatic carbocycles. The Morgan fingerprint density at radius 3 is 2.62 bits per heavy atom. The first kappa shape index (κ1) is 17.7. The minimum absolute atomic E-state index is 0.000430. The Labute approximate surface area is 142 Å². The van der Waals surface area contributed by atoms with Gasteiger partial charge in [0, 0.05) is 25.7 Å². The summed E-state index contributed by atoms with van der Waals surface area (Å²) in [7, 11) is 3.22. The van der Waals surface area contributed by atoms with E-state index < -0.39 is 0 Å². The lowest BCUT2D eigenvalue weighted by Crippen LogP contribution is -2.27. The van der Waals surface area contributed by atoms with Gasteiger partial charge >= 0.3 is 0 Å². The second-order valence-corrected chi connectivity index (χ2v) is 5.21. The van der Waals surface area contributed by atoms with Crippen LogP contribution in [0.2, 0.25) is 0 Å². The van der Waals surface area contributed by atoms with Gasteiger partial charge in [0.2, 0.25) is 5.91 Å². The van der Waals surface area contributed by atoms with Crippen LogP contribution in [0.25, 0.3) is 0 Å². The molecule has 1 heterocycles. The van der Waals surface area contributed by atoms with E-state index in [1.54, 1.807) is 20.4 Å². The highest BCUT2D eigenvalue weighted by Gasteiger charge is 2.05. The minimum atomic E-state index is 0.000430. The van der Waals surface area contributed by atoms with Crippen LogP contribution >= 0.6 is 0 Å². The summed E-state index contributed by atoms with van der Waals surface area (Å²) >= 11 is 0. The molecule has 6 heteroatoms. The first-order chi connectivity index (χ1) is 11.7. The monoisotopic (exact) mass is 329 g/mol. The lowest BCUT2D eigenvalue weighted by Gasteiger charge is -2.10. The average molecular weight is 329 g/mol. The molecule has 2 aromatic rings. The second kappa shape index (κ2) is 9.52. The van der Waals surface area contributed by atoms with Gasteiger partial charge in [-0.3, -0.25) is 9.78 Å². The van der Waals surface area contributed by atoms with Gasteiger partial charge in [0.25, 0.3) is 0 Å². The lowest BCUT2D eigenvalue weighted by atomic mass is 10.2. The van der Waals surface area contributed by atoms with Crippen molar-refractivity contribution >= 4 is 5.91 Å². The van der Waals surface area contributed by atoms with Crippen LogP contribution < -0.4 is 20.1 Å². The molecule has 0 spiro atoms. The molecule has 2 N–H and O–H groups in total. The standard InChI is InChI=1S/C18H23N3O3/c1-23-16-7-6-14(11-17(16)24-2)12-19-10-8-18(22)21-13-15-5-3-4-9-20-15/h3-7,9,11,19H,8,10,12-13H2,1-2H3,(H,21,22). The quantitative estimate of drug-likeness (QED) is 0.688. The van der Waals surface area contributed by atoms with Crippen molar-refractivity contribution < 1.29 is 14.3 Å². The van der Waals surface area contributed by atoms with Crippen LogP contribution in [0.3, 0.4) is 0 Å². The van der Waals surface area contributed by atoms with E-state index in [9.17, 15) is 4.79 Å². The molecule has 1 amide bonds. The number of ether oxygens (including phenoxy) is 2. The maximum Gasteiger partial charge on any atom is 0.221 e. The zero-order chi connectivity index (χ0) is 17.2. The van der Waals surface area contributed by atoms with E-state index in [0.29, 0.717) is 37.6 Å². The molecule has 0 atom stereocenters. The van der Waals surface area contributed by atoms with Crippen molar-refractivity contribution in [2.75, 3.05) is 20.8 Å². The Hall–Kier alpha value is -2.60. The van der Waals surface area contributed by atoms with E-state index in [2.05, 4.69) is 15.6 Å². The highest BCUT2D eigenvalue weighted by Crippen LogP contribution is 2.27. The molecule has 6 nitrogen and oxygen atoms in total. The third kappa shape index (κ3) is 5.55. The zero-order valence-corrected chi connectivity index (χ0v) is 14.0. The molecule has 0 aliphatic heterocycles. The molecule has 0 aliphatic rings. The van der Waals surface area contributed by atoms with E-state index in [-0.39, 0.29) is 5.91 Å².